The standard InChI is InChI=1S/C12H7NO2/c14-12-9-7-8-3-1-2-4-10(8)13-11(9)5-6-15-12/h1-7H. The molecule has 0 saturated heterocycles. The Morgan fingerprint density at radius 3 is 2.87 bits per heavy atom. The second kappa shape index (κ2) is 2.92. The summed E-state index contributed by atoms with van der Waals surface area (Å²) in [6, 6.07) is 11.2. The Kier molecular flexibility index (Phi) is 1.59. The van der Waals surface area contributed by atoms with E-state index in [1.807, 2.05) is 30.3 Å². The first kappa shape index (κ1) is 8.17. The summed E-state index contributed by atoms with van der Waals surface area (Å²) in [6.07, 6.45) is 1.37. The molecule has 0 aliphatic rings. The van der Waals surface area contributed by atoms with Crippen LogP contribution in [0.15, 0.2) is 51.9 Å². The van der Waals surface area contributed by atoms with Crippen LogP contribution in [-0.2, 0) is 0 Å². The van der Waals surface area contributed by atoms with Gasteiger partial charge in [-0.2, -0.15) is 0 Å². The van der Waals surface area contributed by atoms with E-state index in [-0.39, 0.29) is 5.63 Å². The summed E-state index contributed by atoms with van der Waals surface area (Å²) in [5.41, 5.74) is 1.21. The number of pyridine rings is 1. The van der Waals surface area contributed by atoms with E-state index in [0.29, 0.717) is 10.9 Å². The first-order chi connectivity index (χ1) is 7.34. The van der Waals surface area contributed by atoms with Crippen LogP contribution in [0.3, 0.4) is 0 Å². The molecule has 1 aromatic carbocycles. The summed E-state index contributed by atoms with van der Waals surface area (Å²) in [5.74, 6) is 0. The van der Waals surface area contributed by atoms with Gasteiger partial charge >= 0.3 is 5.63 Å². The Balaban J connectivity index is 2.59. The molecule has 3 heteroatoms. The molecule has 0 bridgehead atoms. The van der Waals surface area contributed by atoms with E-state index in [1.165, 1.54) is 6.26 Å². The molecule has 0 fully saturated rings. The van der Waals surface area contributed by atoms with E-state index in [2.05, 4.69) is 4.98 Å². The zero-order valence-corrected chi connectivity index (χ0v) is 7.81. The second-order valence-electron chi connectivity index (χ2n) is 3.32. The lowest BCUT2D eigenvalue weighted by atomic mass is 10.1. The van der Waals surface area contributed by atoms with Crippen molar-refractivity contribution in [1.29, 1.82) is 0 Å². The second-order valence-corrected chi connectivity index (χ2v) is 3.32. The first-order valence-corrected chi connectivity index (χ1v) is 4.62. The lowest BCUT2D eigenvalue weighted by Crippen LogP contribution is -1.99. The van der Waals surface area contributed by atoms with E-state index >= 15 is 0 Å². The van der Waals surface area contributed by atoms with Gasteiger partial charge in [-0.25, -0.2) is 9.78 Å². The number of para-hydroxylation sites is 1. The molecule has 0 N–H and O–H groups in total. The fraction of sp³-hybridized carbons (Fsp3) is 0. The van der Waals surface area contributed by atoms with Crippen LogP contribution in [0.5, 0.6) is 0 Å². The lowest BCUT2D eigenvalue weighted by Gasteiger charge is -1.98. The number of hydrogen-bond donors (Lipinski definition) is 0. The van der Waals surface area contributed by atoms with Gasteiger partial charge in [0.1, 0.15) is 0 Å². The minimum Gasteiger partial charge on any atom is -0.431 e. The molecule has 3 rings (SSSR count). The molecule has 3 nitrogen and oxygen atoms in total. The average Bonchev–Trinajstić information content (AvgIpc) is 2.27. The highest BCUT2D eigenvalue weighted by Crippen LogP contribution is 2.16. The van der Waals surface area contributed by atoms with Gasteiger partial charge in [0.25, 0.3) is 0 Å². The Labute approximate surface area is 85.0 Å². The van der Waals surface area contributed by atoms with Crippen LogP contribution in [0.4, 0.5) is 0 Å². The molecule has 0 saturated carbocycles. The largest absolute Gasteiger partial charge is 0.431 e. The van der Waals surface area contributed by atoms with Crippen LogP contribution in [0.2, 0.25) is 0 Å². The first-order valence-electron chi connectivity index (χ1n) is 4.62. The molecule has 72 valence electrons. The fourth-order valence-electron chi connectivity index (χ4n) is 1.65. The van der Waals surface area contributed by atoms with Crippen LogP contribution in [0.25, 0.3) is 21.8 Å². The monoisotopic (exact) mass is 197 g/mol. The van der Waals surface area contributed by atoms with Gasteiger partial charge in [-0.1, -0.05) is 18.2 Å². The Morgan fingerprint density at radius 1 is 1.07 bits per heavy atom. The number of benzene rings is 1. The quantitative estimate of drug-likeness (QED) is 0.519. The molecular formula is C12H7NO2. The molecule has 0 aliphatic heterocycles. The summed E-state index contributed by atoms with van der Waals surface area (Å²) in [7, 11) is 0. The molecule has 0 spiro atoms. The number of aromatic nitrogens is 1. The predicted octanol–water partition coefficient (Wildman–Crippen LogP) is 2.34. The maximum Gasteiger partial charge on any atom is 0.345 e. The van der Waals surface area contributed by atoms with Crippen molar-refractivity contribution in [3.63, 3.8) is 0 Å². The van der Waals surface area contributed by atoms with Gasteiger partial charge in [-0.15, -0.1) is 0 Å². The maximum absolute atomic E-state index is 11.4. The SMILES string of the molecule is O=c1occc2nc3ccccc3cc12. The molecule has 15 heavy (non-hydrogen) atoms. The lowest BCUT2D eigenvalue weighted by molar-refractivity contribution is 0.519. The van der Waals surface area contributed by atoms with Crippen LogP contribution in [-0.4, -0.2) is 4.98 Å². The third kappa shape index (κ3) is 1.21. The van der Waals surface area contributed by atoms with Crippen molar-refractivity contribution in [3.05, 3.63) is 53.1 Å². The van der Waals surface area contributed by atoms with Crippen molar-refractivity contribution >= 4 is 21.8 Å². The minimum absolute atomic E-state index is 0.342. The number of hydrogen-bond acceptors (Lipinski definition) is 3. The van der Waals surface area contributed by atoms with E-state index < -0.39 is 0 Å². The summed E-state index contributed by atoms with van der Waals surface area (Å²) in [4.78, 5) is 15.8. The van der Waals surface area contributed by atoms with Crippen molar-refractivity contribution < 1.29 is 4.42 Å². The van der Waals surface area contributed by atoms with Crippen molar-refractivity contribution in [2.24, 2.45) is 0 Å². The van der Waals surface area contributed by atoms with Gasteiger partial charge in [0.15, 0.2) is 0 Å². The molecule has 0 radical (unpaired) electrons. The summed E-state index contributed by atoms with van der Waals surface area (Å²) >= 11 is 0. The van der Waals surface area contributed by atoms with Crippen LogP contribution < -0.4 is 5.63 Å². The van der Waals surface area contributed by atoms with Gasteiger partial charge in [0.05, 0.1) is 22.7 Å². The van der Waals surface area contributed by atoms with Gasteiger partial charge in [-0.3, -0.25) is 0 Å². The van der Waals surface area contributed by atoms with Crippen LogP contribution in [0.1, 0.15) is 0 Å². The van der Waals surface area contributed by atoms with E-state index in [0.717, 1.165) is 10.9 Å². The van der Waals surface area contributed by atoms with Crippen molar-refractivity contribution in [2.75, 3.05) is 0 Å². The summed E-state index contributed by atoms with van der Waals surface area (Å²) in [6.45, 7) is 0. The minimum atomic E-state index is -0.342. The molecule has 2 aromatic heterocycles. The van der Waals surface area contributed by atoms with Crippen LogP contribution in [0, 0.1) is 0 Å². The molecule has 0 aliphatic carbocycles. The van der Waals surface area contributed by atoms with Gasteiger partial charge in [0, 0.05) is 5.39 Å². The Bertz CT molecular complexity index is 700. The summed E-state index contributed by atoms with van der Waals surface area (Å²) < 4.78 is 4.79. The van der Waals surface area contributed by atoms with Gasteiger partial charge in [0.2, 0.25) is 0 Å². The predicted molar refractivity (Wildman–Crippen MR) is 57.8 cm³/mol. The molecule has 0 amide bonds. The molecule has 0 atom stereocenters. The highest BCUT2D eigenvalue weighted by Gasteiger charge is 2.02. The molecular weight excluding hydrogens is 190 g/mol. The topological polar surface area (TPSA) is 43.1 Å². The number of nitrogens with zero attached hydrogens (tertiary/aromatic N) is 1. The highest BCUT2D eigenvalue weighted by molar-refractivity contribution is 5.91. The third-order valence-corrected chi connectivity index (χ3v) is 2.37. The van der Waals surface area contributed by atoms with E-state index in [9.17, 15) is 4.79 Å². The third-order valence-electron chi connectivity index (χ3n) is 2.37. The number of rotatable bonds is 0. The Hall–Kier alpha value is -2.16. The zero-order chi connectivity index (χ0) is 10.3. The molecule has 0 unspecified atom stereocenters. The van der Waals surface area contributed by atoms with E-state index in [4.69, 9.17) is 4.42 Å². The highest BCUT2D eigenvalue weighted by atomic mass is 16.4. The normalized spacial score (nSPS) is 10.9. The molecule has 2 heterocycles. The van der Waals surface area contributed by atoms with Crippen molar-refractivity contribution in [1.82, 2.24) is 4.98 Å². The van der Waals surface area contributed by atoms with Crippen molar-refractivity contribution in [3.8, 4) is 0 Å². The van der Waals surface area contributed by atoms with Gasteiger partial charge < -0.3 is 4.42 Å². The Morgan fingerprint density at radius 2 is 1.93 bits per heavy atom. The summed E-state index contributed by atoms with van der Waals surface area (Å²) in [5, 5.41) is 1.47. The zero-order valence-electron chi connectivity index (χ0n) is 7.81. The van der Waals surface area contributed by atoms with Crippen molar-refractivity contribution in [2.45, 2.75) is 0 Å². The maximum atomic E-state index is 11.4. The average molecular weight is 197 g/mol. The number of fused-ring (bicyclic) bond motifs is 2. The fourth-order valence-corrected chi connectivity index (χ4v) is 1.65. The van der Waals surface area contributed by atoms with E-state index in [1.54, 1.807) is 6.07 Å². The van der Waals surface area contributed by atoms with Gasteiger partial charge in [-0.05, 0) is 18.2 Å². The smallest absolute Gasteiger partial charge is 0.345 e. The van der Waals surface area contributed by atoms with Crippen LogP contribution >= 0.6 is 0 Å². The molecule has 3 aromatic rings.